The molecule has 0 atom stereocenters. The summed E-state index contributed by atoms with van der Waals surface area (Å²) in [5.41, 5.74) is 9.61. The van der Waals surface area contributed by atoms with Crippen molar-refractivity contribution < 1.29 is 0 Å². The van der Waals surface area contributed by atoms with Crippen molar-refractivity contribution in [2.75, 3.05) is 12.4 Å². The number of nitrogens with zero attached hydrogens (tertiary/aromatic N) is 5. The number of nitrogens with one attached hydrogen (secondary N) is 1. The van der Waals surface area contributed by atoms with Gasteiger partial charge < -0.3 is 15.6 Å². The van der Waals surface area contributed by atoms with E-state index in [0.717, 1.165) is 63.7 Å². The Balaban J connectivity index is 1.47. The van der Waals surface area contributed by atoms with E-state index in [4.69, 9.17) is 16.0 Å². The highest BCUT2D eigenvalue weighted by Crippen LogP contribution is 2.38. The Morgan fingerprint density at radius 2 is 2.00 bits per heavy atom. The zero-order chi connectivity index (χ0) is 21.4. The van der Waals surface area contributed by atoms with E-state index in [1.165, 1.54) is 0 Å². The summed E-state index contributed by atoms with van der Waals surface area (Å²) in [4.78, 5) is 4.71. The van der Waals surface area contributed by atoms with Crippen molar-refractivity contribution >= 4 is 27.9 Å². The molecular weight excluding hydrogens is 406 g/mol. The van der Waals surface area contributed by atoms with Crippen molar-refractivity contribution in [1.29, 1.82) is 5.26 Å². The van der Waals surface area contributed by atoms with E-state index in [1.54, 1.807) is 11.3 Å². The van der Waals surface area contributed by atoms with E-state index >= 15 is 0 Å². The molecule has 1 aliphatic carbocycles. The van der Waals surface area contributed by atoms with Gasteiger partial charge >= 0.3 is 0 Å². The molecule has 1 saturated carbocycles. The molecule has 8 heteroatoms. The van der Waals surface area contributed by atoms with Crippen LogP contribution in [-0.2, 0) is 0 Å². The summed E-state index contributed by atoms with van der Waals surface area (Å²) < 4.78 is 2.03. The first-order chi connectivity index (χ1) is 15.2. The molecule has 5 rings (SSSR count). The van der Waals surface area contributed by atoms with Crippen molar-refractivity contribution in [2.24, 2.45) is 5.73 Å². The number of anilines is 1. The van der Waals surface area contributed by atoms with Crippen LogP contribution < -0.4 is 11.1 Å². The van der Waals surface area contributed by atoms with Crippen molar-refractivity contribution in [3.05, 3.63) is 53.3 Å². The summed E-state index contributed by atoms with van der Waals surface area (Å²) >= 11 is 1.65. The summed E-state index contributed by atoms with van der Waals surface area (Å²) in [5.74, 6) is 1.26. The Bertz CT molecular complexity index is 1270. The zero-order valence-corrected chi connectivity index (χ0v) is 18.1. The second-order valence-corrected chi connectivity index (χ2v) is 8.98. The molecule has 0 spiro atoms. The molecule has 0 amide bonds. The number of pyridine rings is 1. The van der Waals surface area contributed by atoms with E-state index in [-0.39, 0.29) is 0 Å². The van der Waals surface area contributed by atoms with Crippen LogP contribution in [0.15, 0.2) is 42.7 Å². The van der Waals surface area contributed by atoms with Crippen molar-refractivity contribution in [3.63, 3.8) is 0 Å². The Hall–Kier alpha value is -3.28. The van der Waals surface area contributed by atoms with Crippen LogP contribution in [0.5, 0.6) is 0 Å². The third kappa shape index (κ3) is 3.67. The minimum absolute atomic E-state index is 0.326. The van der Waals surface area contributed by atoms with Gasteiger partial charge in [0.05, 0.1) is 22.7 Å². The number of aromatic nitrogens is 4. The van der Waals surface area contributed by atoms with Crippen LogP contribution in [0.1, 0.15) is 42.2 Å². The zero-order valence-electron chi connectivity index (χ0n) is 17.2. The lowest BCUT2D eigenvalue weighted by molar-refractivity contribution is 0.393. The Kier molecular flexibility index (Phi) is 5.14. The van der Waals surface area contributed by atoms with Gasteiger partial charge in [-0.05, 0) is 49.9 Å². The fourth-order valence-electron chi connectivity index (χ4n) is 4.24. The van der Waals surface area contributed by atoms with Gasteiger partial charge in [0.25, 0.3) is 0 Å². The van der Waals surface area contributed by atoms with Crippen molar-refractivity contribution in [1.82, 2.24) is 19.7 Å². The van der Waals surface area contributed by atoms with Crippen LogP contribution in [0.4, 0.5) is 5.69 Å². The number of nitriles is 1. The lowest BCUT2D eigenvalue weighted by atomic mass is 9.87. The first-order valence-corrected chi connectivity index (χ1v) is 11.3. The molecule has 0 bridgehead atoms. The number of nitrogens with two attached hydrogens (primary N) is 1. The average molecular weight is 430 g/mol. The largest absolute Gasteiger partial charge is 0.387 e. The molecule has 3 N–H and O–H groups in total. The highest BCUT2D eigenvalue weighted by atomic mass is 32.1. The van der Waals surface area contributed by atoms with Crippen LogP contribution in [0.3, 0.4) is 0 Å². The van der Waals surface area contributed by atoms with E-state index < -0.39 is 0 Å². The summed E-state index contributed by atoms with van der Waals surface area (Å²) in [6.07, 6.45) is 8.11. The monoisotopic (exact) mass is 429 g/mol. The average Bonchev–Trinajstić information content (AvgIpc) is 3.46. The Morgan fingerprint density at radius 3 is 2.77 bits per heavy atom. The van der Waals surface area contributed by atoms with Crippen LogP contribution in [0.25, 0.3) is 27.3 Å². The van der Waals surface area contributed by atoms with E-state index in [9.17, 15) is 0 Å². The molecule has 1 fully saturated rings. The second-order valence-electron chi connectivity index (χ2n) is 7.97. The van der Waals surface area contributed by atoms with Gasteiger partial charge in [-0.3, -0.25) is 0 Å². The minimum atomic E-state index is 0.326. The molecule has 4 aromatic rings. The van der Waals surface area contributed by atoms with Crippen molar-refractivity contribution in [3.8, 4) is 22.5 Å². The molecule has 0 saturated heterocycles. The van der Waals surface area contributed by atoms with Gasteiger partial charge in [0.2, 0.25) is 0 Å². The van der Waals surface area contributed by atoms with Crippen LogP contribution in [0, 0.1) is 11.3 Å². The second kappa shape index (κ2) is 8.10. The number of fused-ring (bicyclic) bond motifs is 1. The SMILES string of the molecule is CNc1cc(-n2ccc3cc(C#N)ccc32)ncc1-c1nnc(C2CCC(N)CC2)s1. The Morgan fingerprint density at radius 1 is 1.16 bits per heavy atom. The van der Waals surface area contributed by atoms with Crippen LogP contribution >= 0.6 is 11.3 Å². The molecule has 0 aliphatic heterocycles. The number of benzene rings is 1. The number of rotatable bonds is 4. The summed E-state index contributed by atoms with van der Waals surface area (Å²) in [6, 6.07) is 12.2. The maximum Gasteiger partial charge on any atom is 0.151 e. The van der Waals surface area contributed by atoms with Crippen LogP contribution in [-0.4, -0.2) is 32.8 Å². The van der Waals surface area contributed by atoms with Gasteiger partial charge in [0, 0.05) is 48.5 Å². The van der Waals surface area contributed by atoms with E-state index in [1.807, 2.05) is 54.3 Å². The predicted molar refractivity (Wildman–Crippen MR) is 123 cm³/mol. The molecule has 1 aliphatic rings. The predicted octanol–water partition coefficient (Wildman–Crippen LogP) is 4.44. The van der Waals surface area contributed by atoms with Gasteiger partial charge in [-0.15, -0.1) is 10.2 Å². The minimum Gasteiger partial charge on any atom is -0.387 e. The van der Waals surface area contributed by atoms with Gasteiger partial charge in [0.15, 0.2) is 5.01 Å². The molecule has 156 valence electrons. The molecule has 3 heterocycles. The Labute approximate surface area is 184 Å². The first-order valence-electron chi connectivity index (χ1n) is 10.4. The highest BCUT2D eigenvalue weighted by molar-refractivity contribution is 7.14. The first kappa shape index (κ1) is 19.7. The smallest absolute Gasteiger partial charge is 0.151 e. The van der Waals surface area contributed by atoms with Gasteiger partial charge in [-0.2, -0.15) is 5.26 Å². The van der Waals surface area contributed by atoms with Gasteiger partial charge in [-0.1, -0.05) is 11.3 Å². The standard InChI is InChI=1S/C23H23N7S/c1-26-19-11-21(30-9-8-16-10-14(12-24)2-7-20(16)30)27-13-18(19)23-29-28-22(31-23)15-3-5-17(25)6-4-15/h2,7-11,13,15,17H,3-6,25H2,1H3,(H,26,27). The fraction of sp³-hybridized carbons (Fsp3) is 0.304. The third-order valence-electron chi connectivity index (χ3n) is 6.02. The lowest BCUT2D eigenvalue weighted by Gasteiger charge is -2.23. The third-order valence-corrected chi connectivity index (χ3v) is 7.14. The van der Waals surface area contributed by atoms with Crippen LogP contribution in [0.2, 0.25) is 0 Å². The summed E-state index contributed by atoms with van der Waals surface area (Å²) in [5, 5.41) is 24.4. The lowest BCUT2D eigenvalue weighted by Crippen LogP contribution is -2.25. The maximum atomic E-state index is 9.13. The molecule has 31 heavy (non-hydrogen) atoms. The van der Waals surface area contributed by atoms with Crippen molar-refractivity contribution in [2.45, 2.75) is 37.6 Å². The fourth-order valence-corrected chi connectivity index (χ4v) is 5.28. The molecular formula is C23H23N7S. The number of hydrogen-bond acceptors (Lipinski definition) is 7. The topological polar surface area (TPSA) is 105 Å². The summed E-state index contributed by atoms with van der Waals surface area (Å²) in [7, 11) is 1.90. The molecule has 3 aromatic heterocycles. The number of hydrogen-bond donors (Lipinski definition) is 2. The van der Waals surface area contributed by atoms with E-state index in [2.05, 4.69) is 21.6 Å². The highest BCUT2D eigenvalue weighted by Gasteiger charge is 2.24. The molecule has 0 radical (unpaired) electrons. The van der Waals surface area contributed by atoms with Gasteiger partial charge in [-0.25, -0.2) is 4.98 Å². The van der Waals surface area contributed by atoms with E-state index in [0.29, 0.717) is 17.5 Å². The molecule has 0 unspecified atom stereocenters. The molecule has 1 aromatic carbocycles. The van der Waals surface area contributed by atoms with Gasteiger partial charge in [0.1, 0.15) is 10.8 Å². The maximum absolute atomic E-state index is 9.13. The quantitative estimate of drug-likeness (QED) is 0.497. The normalized spacial score (nSPS) is 18.7. The molecule has 7 nitrogen and oxygen atoms in total. The summed E-state index contributed by atoms with van der Waals surface area (Å²) in [6.45, 7) is 0.